The molecular formula is C19H34N4O7S. The number of rotatable bonds is 14. The average molecular weight is 463 g/mol. The molecule has 12 heteroatoms. The lowest BCUT2D eigenvalue weighted by molar-refractivity contribution is -0.144. The van der Waals surface area contributed by atoms with Crippen molar-refractivity contribution in [2.24, 2.45) is 17.6 Å². The Labute approximate surface area is 186 Å². The Hall–Kier alpha value is -2.34. The minimum Gasteiger partial charge on any atom is -0.481 e. The van der Waals surface area contributed by atoms with Crippen LogP contribution >= 0.6 is 11.8 Å². The van der Waals surface area contributed by atoms with Gasteiger partial charge in [-0.2, -0.15) is 11.8 Å². The molecule has 178 valence electrons. The van der Waals surface area contributed by atoms with Crippen LogP contribution in [0, 0.1) is 11.8 Å². The molecule has 0 bridgehead atoms. The fourth-order valence-electron chi connectivity index (χ4n) is 2.50. The van der Waals surface area contributed by atoms with Crippen LogP contribution in [-0.2, 0) is 24.0 Å². The van der Waals surface area contributed by atoms with Crippen LogP contribution in [0.1, 0.15) is 40.5 Å². The Balaban J connectivity index is 5.48. The number of hydrogen-bond donors (Lipinski definition) is 6. The van der Waals surface area contributed by atoms with E-state index < -0.39 is 66.2 Å². The summed E-state index contributed by atoms with van der Waals surface area (Å²) < 4.78 is 0. The molecule has 0 aromatic rings. The van der Waals surface area contributed by atoms with Gasteiger partial charge in [-0.15, -0.1) is 0 Å². The standard InChI is InChI=1S/C19H34N4O7S/c1-9(2)14(20)18(28)21-11(6-7-31-5)16(26)22-12(8-13(24)25)17(27)23-15(10(3)4)19(29)30/h9-12,14-15H,6-8,20H2,1-5H3,(H,21,28)(H,22,26)(H,23,27)(H,24,25)(H,29,30). The van der Waals surface area contributed by atoms with E-state index in [2.05, 4.69) is 16.0 Å². The van der Waals surface area contributed by atoms with Gasteiger partial charge in [0.15, 0.2) is 0 Å². The zero-order valence-corrected chi connectivity index (χ0v) is 19.3. The maximum atomic E-state index is 12.8. The number of carbonyl (C=O) groups excluding carboxylic acids is 3. The second-order valence-electron chi connectivity index (χ2n) is 7.84. The maximum absolute atomic E-state index is 12.8. The van der Waals surface area contributed by atoms with Crippen molar-refractivity contribution in [3.05, 3.63) is 0 Å². The molecule has 0 fully saturated rings. The third kappa shape index (κ3) is 10.5. The zero-order valence-electron chi connectivity index (χ0n) is 18.5. The lowest BCUT2D eigenvalue weighted by Gasteiger charge is -2.25. The Morgan fingerprint density at radius 2 is 1.35 bits per heavy atom. The predicted octanol–water partition coefficient (Wildman–Crippen LogP) is -0.607. The predicted molar refractivity (Wildman–Crippen MR) is 116 cm³/mol. The average Bonchev–Trinajstić information content (AvgIpc) is 2.66. The molecule has 11 nitrogen and oxygen atoms in total. The minimum atomic E-state index is -1.52. The Morgan fingerprint density at radius 3 is 1.77 bits per heavy atom. The highest BCUT2D eigenvalue weighted by Crippen LogP contribution is 2.07. The summed E-state index contributed by atoms with van der Waals surface area (Å²) in [7, 11) is 0. The molecule has 0 aromatic heterocycles. The van der Waals surface area contributed by atoms with E-state index in [1.54, 1.807) is 27.7 Å². The number of nitrogens with one attached hydrogen (secondary N) is 3. The summed E-state index contributed by atoms with van der Waals surface area (Å²) in [6, 6.07) is -4.64. The molecule has 0 saturated carbocycles. The maximum Gasteiger partial charge on any atom is 0.326 e. The quantitative estimate of drug-likeness (QED) is 0.196. The van der Waals surface area contributed by atoms with Crippen LogP contribution in [-0.4, -0.2) is 76.0 Å². The van der Waals surface area contributed by atoms with E-state index in [9.17, 15) is 29.1 Å². The fourth-order valence-corrected chi connectivity index (χ4v) is 2.97. The van der Waals surface area contributed by atoms with Crippen molar-refractivity contribution in [1.82, 2.24) is 16.0 Å². The Morgan fingerprint density at radius 1 is 0.839 bits per heavy atom. The molecule has 4 atom stereocenters. The number of carboxylic acids is 2. The van der Waals surface area contributed by atoms with Crippen LogP contribution in [0.2, 0.25) is 0 Å². The van der Waals surface area contributed by atoms with Gasteiger partial charge in [0.2, 0.25) is 17.7 Å². The van der Waals surface area contributed by atoms with Gasteiger partial charge < -0.3 is 31.9 Å². The number of amides is 3. The highest BCUT2D eigenvalue weighted by molar-refractivity contribution is 7.98. The minimum absolute atomic E-state index is 0.168. The van der Waals surface area contributed by atoms with E-state index in [1.165, 1.54) is 11.8 Å². The van der Waals surface area contributed by atoms with Crippen molar-refractivity contribution >= 4 is 41.4 Å². The van der Waals surface area contributed by atoms with Gasteiger partial charge in [0, 0.05) is 0 Å². The van der Waals surface area contributed by atoms with E-state index in [4.69, 9.17) is 10.8 Å². The van der Waals surface area contributed by atoms with Gasteiger partial charge in [-0.25, -0.2) is 4.79 Å². The summed E-state index contributed by atoms with van der Waals surface area (Å²) in [5, 5.41) is 25.5. The third-order valence-electron chi connectivity index (χ3n) is 4.51. The summed E-state index contributed by atoms with van der Waals surface area (Å²) in [5.74, 6) is -4.99. The molecule has 0 spiro atoms. The summed E-state index contributed by atoms with van der Waals surface area (Å²) in [6.45, 7) is 6.66. The molecule has 3 amide bonds. The normalized spacial score (nSPS) is 15.0. The monoisotopic (exact) mass is 462 g/mol. The number of carboxylic acid groups (broad SMARTS) is 2. The second kappa shape index (κ2) is 13.9. The molecule has 0 aliphatic heterocycles. The lowest BCUT2D eigenvalue weighted by atomic mass is 10.0. The number of thioether (sulfide) groups is 1. The van der Waals surface area contributed by atoms with E-state index in [0.29, 0.717) is 5.75 Å². The van der Waals surface area contributed by atoms with Crippen molar-refractivity contribution in [2.75, 3.05) is 12.0 Å². The number of carbonyl (C=O) groups is 5. The number of hydrogen-bond acceptors (Lipinski definition) is 7. The first-order chi connectivity index (χ1) is 14.3. The van der Waals surface area contributed by atoms with Crippen LogP contribution in [0.5, 0.6) is 0 Å². The number of nitrogens with two attached hydrogens (primary N) is 1. The van der Waals surface area contributed by atoms with E-state index in [0.717, 1.165) is 0 Å². The van der Waals surface area contributed by atoms with Crippen LogP contribution < -0.4 is 21.7 Å². The second-order valence-corrected chi connectivity index (χ2v) is 8.83. The van der Waals surface area contributed by atoms with Crippen molar-refractivity contribution in [1.29, 1.82) is 0 Å². The van der Waals surface area contributed by atoms with Crippen LogP contribution in [0.25, 0.3) is 0 Å². The molecule has 0 aromatic carbocycles. The van der Waals surface area contributed by atoms with E-state index in [1.807, 2.05) is 6.26 Å². The molecule has 0 radical (unpaired) electrons. The molecule has 0 aliphatic carbocycles. The van der Waals surface area contributed by atoms with Gasteiger partial charge in [0.25, 0.3) is 0 Å². The van der Waals surface area contributed by atoms with Crippen LogP contribution in [0.3, 0.4) is 0 Å². The molecule has 0 rings (SSSR count). The van der Waals surface area contributed by atoms with Gasteiger partial charge in [-0.3, -0.25) is 19.2 Å². The molecule has 0 saturated heterocycles. The van der Waals surface area contributed by atoms with Crippen LogP contribution in [0.15, 0.2) is 0 Å². The molecule has 0 heterocycles. The zero-order chi connectivity index (χ0) is 24.3. The van der Waals surface area contributed by atoms with E-state index in [-0.39, 0.29) is 12.3 Å². The lowest BCUT2D eigenvalue weighted by Crippen LogP contribution is -2.58. The summed E-state index contributed by atoms with van der Waals surface area (Å²) in [6.07, 6.45) is 1.29. The van der Waals surface area contributed by atoms with Gasteiger partial charge in [0.05, 0.1) is 12.5 Å². The molecular weight excluding hydrogens is 428 g/mol. The molecule has 4 unspecified atom stereocenters. The van der Waals surface area contributed by atoms with Crippen LogP contribution in [0.4, 0.5) is 0 Å². The van der Waals surface area contributed by atoms with E-state index >= 15 is 0 Å². The topological polar surface area (TPSA) is 188 Å². The largest absolute Gasteiger partial charge is 0.481 e. The molecule has 31 heavy (non-hydrogen) atoms. The first-order valence-corrected chi connectivity index (χ1v) is 11.3. The van der Waals surface area contributed by atoms with Crippen molar-refractivity contribution in [2.45, 2.75) is 64.7 Å². The smallest absolute Gasteiger partial charge is 0.326 e. The summed E-state index contributed by atoms with van der Waals surface area (Å²) in [4.78, 5) is 60.1. The Bertz CT molecular complexity index is 657. The third-order valence-corrected chi connectivity index (χ3v) is 5.15. The molecule has 7 N–H and O–H groups in total. The highest BCUT2D eigenvalue weighted by Gasteiger charge is 2.32. The number of aliphatic carboxylic acids is 2. The molecule has 0 aliphatic rings. The first-order valence-electron chi connectivity index (χ1n) is 9.91. The van der Waals surface area contributed by atoms with Crippen molar-refractivity contribution in [3.8, 4) is 0 Å². The summed E-state index contributed by atoms with van der Waals surface area (Å²) in [5.41, 5.74) is 5.82. The van der Waals surface area contributed by atoms with Gasteiger partial charge in [-0.05, 0) is 30.3 Å². The van der Waals surface area contributed by atoms with Gasteiger partial charge >= 0.3 is 11.9 Å². The summed E-state index contributed by atoms with van der Waals surface area (Å²) >= 11 is 1.44. The van der Waals surface area contributed by atoms with Crippen molar-refractivity contribution < 1.29 is 34.2 Å². The highest BCUT2D eigenvalue weighted by atomic mass is 32.2. The van der Waals surface area contributed by atoms with Crippen molar-refractivity contribution in [3.63, 3.8) is 0 Å². The fraction of sp³-hybridized carbons (Fsp3) is 0.737. The van der Waals surface area contributed by atoms with Gasteiger partial charge in [0.1, 0.15) is 18.1 Å². The first kappa shape index (κ1) is 28.7. The Kier molecular flexibility index (Phi) is 12.8. The van der Waals surface area contributed by atoms with Gasteiger partial charge in [-0.1, -0.05) is 27.7 Å². The SMILES string of the molecule is CSCCC(NC(=O)C(N)C(C)C)C(=O)NC(CC(=O)O)C(=O)NC(C(=O)O)C(C)C.